The fourth-order valence-electron chi connectivity index (χ4n) is 3.99. The molecule has 0 unspecified atom stereocenters. The van der Waals surface area contributed by atoms with E-state index in [1.54, 1.807) is 12.4 Å². The molecule has 0 fully saturated rings. The van der Waals surface area contributed by atoms with Crippen LogP contribution < -0.4 is 10.7 Å². The first-order valence-electron chi connectivity index (χ1n) is 9.50. The zero-order valence-corrected chi connectivity index (χ0v) is 17.3. The SMILES string of the molecule is [C-]#[N+]/C(c1ccccn1)=c1\c2c(C)n(C)/c(=C(/C#N)c3ccccn3)c2c(C)n1C. The van der Waals surface area contributed by atoms with Gasteiger partial charge in [-0.3, -0.25) is 9.97 Å². The van der Waals surface area contributed by atoms with Crippen molar-refractivity contribution in [1.82, 2.24) is 19.1 Å². The first-order chi connectivity index (χ1) is 14.5. The number of rotatable bonds is 2. The second-order valence-corrected chi connectivity index (χ2v) is 7.11. The highest BCUT2D eigenvalue weighted by Gasteiger charge is 2.21. The van der Waals surface area contributed by atoms with E-state index in [1.807, 2.05) is 73.5 Å². The molecule has 4 heterocycles. The Labute approximate surface area is 174 Å². The maximum atomic E-state index is 10.0. The molecule has 0 aliphatic heterocycles. The standard InChI is InChI=1S/C24H20N6/c1-15-20-21(24(30(15)5)22(26-3)19-11-7-9-13-28-19)16(2)29(4)23(20)17(14-25)18-10-6-8-12-27-18/h6-13H,1-2,4-5H3/b23-17-,24-22+. The molecule has 0 radical (unpaired) electrons. The molecule has 0 aliphatic rings. The summed E-state index contributed by atoms with van der Waals surface area (Å²) in [5, 5.41) is 13.6. The summed E-state index contributed by atoms with van der Waals surface area (Å²) in [6.45, 7) is 11.9. The second kappa shape index (κ2) is 7.35. The average molecular weight is 392 g/mol. The van der Waals surface area contributed by atoms with Crippen LogP contribution in [0.5, 0.6) is 0 Å². The lowest BCUT2D eigenvalue weighted by Gasteiger charge is -2.05. The van der Waals surface area contributed by atoms with E-state index in [1.165, 1.54) is 0 Å². The molecule has 4 rings (SSSR count). The highest BCUT2D eigenvalue weighted by molar-refractivity contribution is 5.95. The van der Waals surface area contributed by atoms with Gasteiger partial charge in [-0.15, -0.1) is 0 Å². The Bertz CT molecular complexity index is 1360. The number of fused-ring (bicyclic) bond motifs is 1. The van der Waals surface area contributed by atoms with Gasteiger partial charge in [0, 0.05) is 48.6 Å². The predicted octanol–water partition coefficient (Wildman–Crippen LogP) is 2.72. The third-order valence-corrected chi connectivity index (χ3v) is 5.64. The molecular weight excluding hydrogens is 372 g/mol. The van der Waals surface area contributed by atoms with Gasteiger partial charge in [-0.2, -0.15) is 5.26 Å². The molecule has 0 N–H and O–H groups in total. The van der Waals surface area contributed by atoms with Gasteiger partial charge in [-0.05, 0) is 38.1 Å². The van der Waals surface area contributed by atoms with E-state index in [4.69, 9.17) is 6.57 Å². The van der Waals surface area contributed by atoms with E-state index in [-0.39, 0.29) is 0 Å². The van der Waals surface area contributed by atoms with Crippen molar-refractivity contribution < 1.29 is 0 Å². The van der Waals surface area contributed by atoms with Crippen molar-refractivity contribution in [3.05, 3.63) is 93.7 Å². The van der Waals surface area contributed by atoms with Gasteiger partial charge in [0.15, 0.2) is 0 Å². The van der Waals surface area contributed by atoms with E-state index >= 15 is 0 Å². The van der Waals surface area contributed by atoms with Crippen LogP contribution in [0, 0.1) is 31.8 Å². The van der Waals surface area contributed by atoms with E-state index in [0.29, 0.717) is 22.7 Å². The van der Waals surface area contributed by atoms with Crippen molar-refractivity contribution in [3.63, 3.8) is 0 Å². The van der Waals surface area contributed by atoms with Gasteiger partial charge in [0.2, 0.25) is 5.70 Å². The smallest absolute Gasteiger partial charge is 0.235 e. The van der Waals surface area contributed by atoms with Crippen LogP contribution >= 0.6 is 0 Å². The monoisotopic (exact) mass is 392 g/mol. The molecule has 0 aromatic carbocycles. The van der Waals surface area contributed by atoms with E-state index in [0.717, 1.165) is 32.9 Å². The van der Waals surface area contributed by atoms with Crippen LogP contribution in [0.25, 0.3) is 26.9 Å². The van der Waals surface area contributed by atoms with Gasteiger partial charge >= 0.3 is 0 Å². The third kappa shape index (κ3) is 2.70. The van der Waals surface area contributed by atoms with E-state index < -0.39 is 0 Å². The van der Waals surface area contributed by atoms with Crippen molar-refractivity contribution in [2.24, 2.45) is 14.1 Å². The lowest BCUT2D eigenvalue weighted by molar-refractivity contribution is 0.826. The first kappa shape index (κ1) is 19.2. The van der Waals surface area contributed by atoms with Gasteiger partial charge in [-0.1, -0.05) is 12.1 Å². The zero-order chi connectivity index (χ0) is 21.4. The zero-order valence-electron chi connectivity index (χ0n) is 17.3. The van der Waals surface area contributed by atoms with Crippen molar-refractivity contribution >= 4 is 22.0 Å². The Morgan fingerprint density at radius 2 is 1.43 bits per heavy atom. The fraction of sp³-hybridized carbons (Fsp3) is 0.167. The Morgan fingerprint density at radius 3 is 1.93 bits per heavy atom. The maximum absolute atomic E-state index is 10.0. The topological polar surface area (TPSA) is 63.8 Å². The van der Waals surface area contributed by atoms with Gasteiger partial charge in [0.1, 0.15) is 11.6 Å². The van der Waals surface area contributed by atoms with E-state index in [2.05, 4.69) is 20.9 Å². The number of nitrogens with zero attached hydrogens (tertiary/aromatic N) is 6. The number of aromatic nitrogens is 4. The number of aryl methyl sites for hydroxylation is 2. The molecule has 146 valence electrons. The molecule has 0 atom stereocenters. The van der Waals surface area contributed by atoms with Crippen LogP contribution in [0.1, 0.15) is 22.8 Å². The van der Waals surface area contributed by atoms with Gasteiger partial charge in [-0.25, -0.2) is 4.85 Å². The number of hydrogen-bond donors (Lipinski definition) is 0. The maximum Gasteiger partial charge on any atom is 0.235 e. The van der Waals surface area contributed by atoms with Crippen LogP contribution in [-0.4, -0.2) is 19.1 Å². The van der Waals surface area contributed by atoms with Crippen molar-refractivity contribution in [2.75, 3.05) is 0 Å². The molecule has 0 amide bonds. The van der Waals surface area contributed by atoms with Crippen molar-refractivity contribution in [3.8, 4) is 6.07 Å². The number of hydrogen-bond acceptors (Lipinski definition) is 3. The number of pyridine rings is 2. The molecule has 0 spiro atoms. The highest BCUT2D eigenvalue weighted by atomic mass is 15.0. The third-order valence-electron chi connectivity index (χ3n) is 5.64. The molecule has 4 aromatic rings. The highest BCUT2D eigenvalue weighted by Crippen LogP contribution is 2.22. The second-order valence-electron chi connectivity index (χ2n) is 7.11. The van der Waals surface area contributed by atoms with Crippen LogP contribution in [0.2, 0.25) is 0 Å². The van der Waals surface area contributed by atoms with Gasteiger partial charge in [0.05, 0.1) is 28.7 Å². The Hall–Kier alpha value is -4.16. The summed E-state index contributed by atoms with van der Waals surface area (Å²) >= 11 is 0. The quantitative estimate of drug-likeness (QED) is 0.493. The summed E-state index contributed by atoms with van der Waals surface area (Å²) in [4.78, 5) is 12.6. The largest absolute Gasteiger partial charge is 0.356 e. The fourth-order valence-corrected chi connectivity index (χ4v) is 3.99. The molecule has 6 heteroatoms. The first-order valence-corrected chi connectivity index (χ1v) is 9.50. The summed E-state index contributed by atoms with van der Waals surface area (Å²) in [6, 6.07) is 13.5. The van der Waals surface area contributed by atoms with Crippen LogP contribution in [0.15, 0.2) is 48.8 Å². The normalized spacial score (nSPS) is 13.0. The lowest BCUT2D eigenvalue weighted by atomic mass is 10.1. The van der Waals surface area contributed by atoms with Crippen molar-refractivity contribution in [1.29, 1.82) is 5.26 Å². The van der Waals surface area contributed by atoms with E-state index in [9.17, 15) is 5.26 Å². The lowest BCUT2D eigenvalue weighted by Crippen LogP contribution is -2.21. The van der Waals surface area contributed by atoms with Gasteiger partial charge < -0.3 is 9.13 Å². The molecule has 30 heavy (non-hydrogen) atoms. The Balaban J connectivity index is 2.30. The summed E-state index contributed by atoms with van der Waals surface area (Å²) in [7, 11) is 3.90. The molecule has 0 aliphatic carbocycles. The molecule has 6 nitrogen and oxygen atoms in total. The molecule has 0 saturated heterocycles. The molecule has 0 saturated carbocycles. The minimum Gasteiger partial charge on any atom is -0.356 e. The molecule has 0 bridgehead atoms. The van der Waals surface area contributed by atoms with Crippen LogP contribution in [0.3, 0.4) is 0 Å². The van der Waals surface area contributed by atoms with Crippen LogP contribution in [0.4, 0.5) is 0 Å². The average Bonchev–Trinajstić information content (AvgIpc) is 3.18. The number of nitriles is 1. The summed E-state index contributed by atoms with van der Waals surface area (Å²) < 4.78 is 4.05. The summed E-state index contributed by atoms with van der Waals surface area (Å²) in [5.41, 5.74) is 4.24. The van der Waals surface area contributed by atoms with Crippen LogP contribution in [-0.2, 0) is 14.1 Å². The molecule has 4 aromatic heterocycles. The predicted molar refractivity (Wildman–Crippen MR) is 116 cm³/mol. The molecular formula is C24H20N6. The Morgan fingerprint density at radius 1 is 0.900 bits per heavy atom. The minimum absolute atomic E-state index is 0.493. The minimum atomic E-state index is 0.493. The Kier molecular flexibility index (Phi) is 4.69. The summed E-state index contributed by atoms with van der Waals surface area (Å²) in [5.74, 6) is 0. The van der Waals surface area contributed by atoms with Crippen molar-refractivity contribution in [2.45, 2.75) is 13.8 Å². The van der Waals surface area contributed by atoms with Gasteiger partial charge in [0.25, 0.3) is 0 Å². The summed E-state index contributed by atoms with van der Waals surface area (Å²) in [6.07, 6.45) is 3.38.